The lowest BCUT2D eigenvalue weighted by Gasteiger charge is -2.39. The van der Waals surface area contributed by atoms with Crippen LogP contribution in [0.4, 0.5) is 0 Å². The van der Waals surface area contributed by atoms with Crippen molar-refractivity contribution < 1.29 is 0 Å². The van der Waals surface area contributed by atoms with Gasteiger partial charge in [-0.3, -0.25) is 0 Å². The molecule has 0 aromatic carbocycles. The van der Waals surface area contributed by atoms with Gasteiger partial charge in [-0.05, 0) is 73.7 Å². The van der Waals surface area contributed by atoms with E-state index in [0.29, 0.717) is 5.41 Å². The number of hydrogen-bond acceptors (Lipinski definition) is 2. The van der Waals surface area contributed by atoms with E-state index in [1.165, 1.54) is 45.1 Å². The molecule has 0 aromatic heterocycles. The molecule has 4 fully saturated rings. The molecule has 0 heterocycles. The second-order valence-corrected chi connectivity index (χ2v) is 8.28. The van der Waals surface area contributed by atoms with Gasteiger partial charge in [-0.25, -0.2) is 0 Å². The SMILES string of the molecule is CC1CCC(CN)(CNC2C3C4CCC(C4)C23)CC1. The molecule has 0 radical (unpaired) electrons. The molecule has 19 heavy (non-hydrogen) atoms. The first kappa shape index (κ1) is 12.6. The lowest BCUT2D eigenvalue weighted by molar-refractivity contribution is 0.156. The van der Waals surface area contributed by atoms with Crippen molar-refractivity contribution in [1.29, 1.82) is 0 Å². The second-order valence-electron chi connectivity index (χ2n) is 8.28. The molecule has 0 saturated heterocycles. The summed E-state index contributed by atoms with van der Waals surface area (Å²) in [5.74, 6) is 5.24. The summed E-state index contributed by atoms with van der Waals surface area (Å²) >= 11 is 0. The van der Waals surface area contributed by atoms with Crippen LogP contribution in [0.3, 0.4) is 0 Å². The monoisotopic (exact) mass is 262 g/mol. The summed E-state index contributed by atoms with van der Waals surface area (Å²) in [5.41, 5.74) is 6.57. The Bertz CT molecular complexity index is 329. The van der Waals surface area contributed by atoms with Crippen LogP contribution in [0.25, 0.3) is 0 Å². The van der Waals surface area contributed by atoms with Crippen LogP contribution in [0.1, 0.15) is 51.9 Å². The Labute approximate surface area is 117 Å². The predicted octanol–water partition coefficient (Wildman–Crippen LogP) is 2.78. The van der Waals surface area contributed by atoms with Crippen LogP contribution in [0, 0.1) is 35.0 Å². The fourth-order valence-electron chi connectivity index (χ4n) is 5.76. The Kier molecular flexibility index (Phi) is 2.97. The molecular weight excluding hydrogens is 232 g/mol. The first-order valence-electron chi connectivity index (χ1n) is 8.66. The maximum Gasteiger partial charge on any atom is 0.0136 e. The van der Waals surface area contributed by atoms with E-state index >= 15 is 0 Å². The molecule has 4 rings (SSSR count). The van der Waals surface area contributed by atoms with E-state index in [4.69, 9.17) is 5.73 Å². The summed E-state index contributed by atoms with van der Waals surface area (Å²) < 4.78 is 0. The Morgan fingerprint density at radius 2 is 1.68 bits per heavy atom. The van der Waals surface area contributed by atoms with Gasteiger partial charge >= 0.3 is 0 Å². The molecule has 4 aliphatic carbocycles. The second kappa shape index (κ2) is 4.46. The highest BCUT2D eigenvalue weighted by Gasteiger charge is 2.64. The molecule has 0 spiro atoms. The number of rotatable bonds is 4. The smallest absolute Gasteiger partial charge is 0.0136 e. The summed E-state index contributed by atoms with van der Waals surface area (Å²) in [6, 6.07) is 0.883. The Morgan fingerprint density at radius 1 is 1.05 bits per heavy atom. The molecule has 4 unspecified atom stereocenters. The van der Waals surface area contributed by atoms with E-state index in [-0.39, 0.29) is 0 Å². The quantitative estimate of drug-likeness (QED) is 0.817. The number of nitrogens with two attached hydrogens (primary N) is 1. The number of hydrogen-bond donors (Lipinski definition) is 2. The van der Waals surface area contributed by atoms with Crippen molar-refractivity contribution in [2.24, 2.45) is 40.7 Å². The van der Waals surface area contributed by atoms with Crippen molar-refractivity contribution in [3.63, 3.8) is 0 Å². The number of fused-ring (bicyclic) bond motifs is 5. The van der Waals surface area contributed by atoms with Crippen LogP contribution in [0.2, 0.25) is 0 Å². The van der Waals surface area contributed by atoms with Gasteiger partial charge in [0, 0.05) is 12.6 Å². The van der Waals surface area contributed by atoms with Crippen molar-refractivity contribution in [2.75, 3.05) is 13.1 Å². The van der Waals surface area contributed by atoms with Crippen molar-refractivity contribution in [1.82, 2.24) is 5.32 Å². The third-order valence-electron chi connectivity index (χ3n) is 7.22. The van der Waals surface area contributed by atoms with E-state index < -0.39 is 0 Å². The van der Waals surface area contributed by atoms with Gasteiger partial charge in [0.2, 0.25) is 0 Å². The highest BCUT2D eigenvalue weighted by Crippen LogP contribution is 2.65. The van der Waals surface area contributed by atoms with Gasteiger partial charge in [0.05, 0.1) is 0 Å². The lowest BCUT2D eigenvalue weighted by atomic mass is 9.71. The first-order chi connectivity index (χ1) is 9.22. The van der Waals surface area contributed by atoms with E-state index in [2.05, 4.69) is 12.2 Å². The largest absolute Gasteiger partial charge is 0.330 e. The molecule has 4 saturated carbocycles. The van der Waals surface area contributed by atoms with Crippen LogP contribution < -0.4 is 11.1 Å². The van der Waals surface area contributed by atoms with Gasteiger partial charge in [-0.1, -0.05) is 19.8 Å². The minimum atomic E-state index is 0.433. The van der Waals surface area contributed by atoms with Crippen molar-refractivity contribution in [2.45, 2.75) is 57.9 Å². The first-order valence-corrected chi connectivity index (χ1v) is 8.66. The van der Waals surface area contributed by atoms with Gasteiger partial charge < -0.3 is 11.1 Å². The van der Waals surface area contributed by atoms with Crippen molar-refractivity contribution in [3.8, 4) is 0 Å². The van der Waals surface area contributed by atoms with E-state index in [9.17, 15) is 0 Å². The van der Waals surface area contributed by atoms with Gasteiger partial charge in [-0.15, -0.1) is 0 Å². The van der Waals surface area contributed by atoms with Gasteiger partial charge in [0.1, 0.15) is 0 Å². The van der Waals surface area contributed by atoms with Crippen LogP contribution in [0.15, 0.2) is 0 Å². The molecule has 0 aliphatic heterocycles. The van der Waals surface area contributed by atoms with Crippen LogP contribution in [-0.2, 0) is 0 Å². The van der Waals surface area contributed by atoms with Gasteiger partial charge in [-0.2, -0.15) is 0 Å². The van der Waals surface area contributed by atoms with Gasteiger partial charge in [0.15, 0.2) is 0 Å². The fourth-order valence-corrected chi connectivity index (χ4v) is 5.76. The standard InChI is InChI=1S/C17H30N2/c1-11-4-6-17(9-18,7-5-11)10-19-16-14-12-2-3-13(8-12)15(14)16/h11-16,19H,2-10,18H2,1H3. The molecule has 2 bridgehead atoms. The average Bonchev–Trinajstić information content (AvgIpc) is 2.82. The molecular formula is C17H30N2. The summed E-state index contributed by atoms with van der Waals surface area (Å²) in [4.78, 5) is 0. The third kappa shape index (κ3) is 1.98. The normalized spacial score (nSPS) is 55.3. The molecule has 2 nitrogen and oxygen atoms in total. The van der Waals surface area contributed by atoms with E-state index in [0.717, 1.165) is 42.2 Å². The fraction of sp³-hybridized carbons (Fsp3) is 1.00. The van der Waals surface area contributed by atoms with Crippen molar-refractivity contribution >= 4 is 0 Å². The Morgan fingerprint density at radius 3 is 2.26 bits per heavy atom. The highest BCUT2D eigenvalue weighted by atomic mass is 15.0. The summed E-state index contributed by atoms with van der Waals surface area (Å²) in [7, 11) is 0. The maximum absolute atomic E-state index is 6.13. The predicted molar refractivity (Wildman–Crippen MR) is 78.7 cm³/mol. The average molecular weight is 262 g/mol. The summed E-state index contributed by atoms with van der Waals surface area (Å²) in [5, 5.41) is 3.96. The van der Waals surface area contributed by atoms with Gasteiger partial charge in [0.25, 0.3) is 0 Å². The third-order valence-corrected chi connectivity index (χ3v) is 7.22. The zero-order valence-electron chi connectivity index (χ0n) is 12.4. The molecule has 4 aliphatic rings. The molecule has 3 N–H and O–H groups in total. The molecule has 0 aromatic rings. The highest BCUT2D eigenvalue weighted by molar-refractivity contribution is 5.17. The zero-order chi connectivity index (χ0) is 13.0. The topological polar surface area (TPSA) is 38.0 Å². The Balaban J connectivity index is 1.33. The molecule has 0 amide bonds. The summed E-state index contributed by atoms with van der Waals surface area (Å²) in [6.07, 6.45) is 10.1. The van der Waals surface area contributed by atoms with Crippen LogP contribution >= 0.6 is 0 Å². The van der Waals surface area contributed by atoms with E-state index in [1.807, 2.05) is 0 Å². The maximum atomic E-state index is 6.13. The molecule has 2 heteroatoms. The minimum Gasteiger partial charge on any atom is -0.330 e. The van der Waals surface area contributed by atoms with Crippen molar-refractivity contribution in [3.05, 3.63) is 0 Å². The molecule has 108 valence electrons. The Hall–Kier alpha value is -0.0800. The zero-order valence-corrected chi connectivity index (χ0v) is 12.4. The number of nitrogens with one attached hydrogen (secondary N) is 1. The minimum absolute atomic E-state index is 0.433. The lowest BCUT2D eigenvalue weighted by Crippen LogP contribution is -2.44. The van der Waals surface area contributed by atoms with Crippen LogP contribution in [0.5, 0.6) is 0 Å². The van der Waals surface area contributed by atoms with E-state index in [1.54, 1.807) is 6.42 Å². The summed E-state index contributed by atoms with van der Waals surface area (Å²) in [6.45, 7) is 4.49. The molecule has 4 atom stereocenters. The van der Waals surface area contributed by atoms with Crippen LogP contribution in [-0.4, -0.2) is 19.1 Å².